The van der Waals surface area contributed by atoms with Crippen LogP contribution >= 0.6 is 23.2 Å². The second-order valence-corrected chi connectivity index (χ2v) is 9.47. The van der Waals surface area contributed by atoms with Gasteiger partial charge in [-0.25, -0.2) is 0 Å². The molecular weight excluding hydrogens is 531 g/mol. The molecule has 0 unspecified atom stereocenters. The lowest BCUT2D eigenvalue weighted by Gasteiger charge is -2.12. The van der Waals surface area contributed by atoms with Gasteiger partial charge < -0.3 is 10.6 Å². The Morgan fingerprint density at radius 3 is 2.08 bits per heavy atom. The summed E-state index contributed by atoms with van der Waals surface area (Å²) in [7, 11) is 0. The van der Waals surface area contributed by atoms with Crippen molar-refractivity contribution in [2.24, 2.45) is 0 Å². The molecule has 0 fully saturated rings. The molecule has 0 saturated heterocycles. The Kier molecular flexibility index (Phi) is 9.10. The fourth-order valence-corrected chi connectivity index (χ4v) is 4.23. The smallest absolute Gasteiger partial charge is 0.272 e. The van der Waals surface area contributed by atoms with E-state index < -0.39 is 11.8 Å². The van der Waals surface area contributed by atoms with E-state index in [1.54, 1.807) is 78.9 Å². The van der Waals surface area contributed by atoms with Gasteiger partial charge in [0, 0.05) is 32.4 Å². The summed E-state index contributed by atoms with van der Waals surface area (Å²) in [4.78, 5) is 38.7. The van der Waals surface area contributed by atoms with E-state index >= 15 is 0 Å². The third kappa shape index (κ3) is 7.54. The van der Waals surface area contributed by atoms with E-state index in [1.807, 2.05) is 37.3 Å². The molecule has 0 aliphatic carbocycles. The molecule has 194 valence electrons. The lowest BCUT2D eigenvalue weighted by Crippen LogP contribution is -2.30. The van der Waals surface area contributed by atoms with Gasteiger partial charge in [-0.15, -0.1) is 0 Å². The van der Waals surface area contributed by atoms with Crippen LogP contribution in [0.3, 0.4) is 0 Å². The van der Waals surface area contributed by atoms with Crippen LogP contribution in [0.2, 0.25) is 10.0 Å². The highest BCUT2D eigenvalue weighted by molar-refractivity contribution is 6.37. The van der Waals surface area contributed by atoms with E-state index in [0.717, 1.165) is 11.1 Å². The molecule has 0 aliphatic heterocycles. The molecule has 2 N–H and O–H groups in total. The number of nitrogens with one attached hydrogen (secondary N) is 2. The zero-order valence-electron chi connectivity index (χ0n) is 21.0. The second kappa shape index (κ2) is 12.9. The van der Waals surface area contributed by atoms with Gasteiger partial charge in [0.05, 0.1) is 0 Å². The molecule has 4 rings (SSSR count). The fourth-order valence-electron chi connectivity index (χ4n) is 3.71. The van der Waals surface area contributed by atoms with E-state index in [0.29, 0.717) is 32.4 Å². The minimum Gasteiger partial charge on any atom is -0.321 e. The highest BCUT2D eigenvalue weighted by Crippen LogP contribution is 2.25. The van der Waals surface area contributed by atoms with Crippen molar-refractivity contribution in [2.45, 2.75) is 6.92 Å². The SMILES string of the molecule is Cc1cccc(/C=C(\NC(=O)c2ccccc2)C(=O)Nc2ccc(C(=O)/C=C/c3c(Cl)cccc3Cl)cc2)c1. The van der Waals surface area contributed by atoms with Gasteiger partial charge in [-0.3, -0.25) is 14.4 Å². The molecule has 0 heterocycles. The normalized spacial score (nSPS) is 11.3. The van der Waals surface area contributed by atoms with Gasteiger partial charge in [0.15, 0.2) is 5.78 Å². The maximum Gasteiger partial charge on any atom is 0.272 e. The van der Waals surface area contributed by atoms with Crippen molar-refractivity contribution in [3.63, 3.8) is 0 Å². The van der Waals surface area contributed by atoms with E-state index in [2.05, 4.69) is 10.6 Å². The van der Waals surface area contributed by atoms with Gasteiger partial charge in [0.2, 0.25) is 0 Å². The first-order chi connectivity index (χ1) is 18.8. The maximum atomic E-state index is 13.2. The molecule has 39 heavy (non-hydrogen) atoms. The minimum atomic E-state index is -0.506. The molecule has 4 aromatic carbocycles. The van der Waals surface area contributed by atoms with Crippen molar-refractivity contribution in [3.8, 4) is 0 Å². The van der Waals surface area contributed by atoms with E-state index in [-0.39, 0.29) is 11.5 Å². The monoisotopic (exact) mass is 554 g/mol. The summed E-state index contributed by atoms with van der Waals surface area (Å²) in [5.41, 5.74) is 3.72. The number of carbonyl (C=O) groups is 3. The standard InChI is InChI=1S/C32H24Cl2N2O3/c1-21-7-5-8-22(19-21)20-29(36-31(38)24-9-3-2-4-10-24)32(39)35-25-15-13-23(14-16-25)30(37)18-17-26-27(33)11-6-12-28(26)34/h2-20H,1H3,(H,35,39)(H,36,38)/b18-17+,29-20-. The van der Waals surface area contributed by atoms with Gasteiger partial charge >= 0.3 is 0 Å². The Hall–Kier alpha value is -4.45. The Bertz CT molecular complexity index is 1560. The Morgan fingerprint density at radius 2 is 1.41 bits per heavy atom. The molecule has 0 aliphatic rings. The summed E-state index contributed by atoms with van der Waals surface area (Å²) in [5, 5.41) is 6.39. The number of hydrogen-bond acceptors (Lipinski definition) is 3. The number of carbonyl (C=O) groups excluding carboxylic acids is 3. The van der Waals surface area contributed by atoms with Crippen LogP contribution < -0.4 is 10.6 Å². The fraction of sp³-hybridized carbons (Fsp3) is 0.0312. The summed E-state index contributed by atoms with van der Waals surface area (Å²) in [6.07, 6.45) is 4.58. The molecule has 5 nitrogen and oxygen atoms in total. The van der Waals surface area contributed by atoms with E-state index in [4.69, 9.17) is 23.2 Å². The second-order valence-electron chi connectivity index (χ2n) is 8.66. The lowest BCUT2D eigenvalue weighted by molar-refractivity contribution is -0.113. The number of ketones is 1. The van der Waals surface area contributed by atoms with E-state index in [9.17, 15) is 14.4 Å². The van der Waals surface area contributed by atoms with Crippen LogP contribution in [-0.2, 0) is 4.79 Å². The number of anilines is 1. The predicted molar refractivity (Wildman–Crippen MR) is 158 cm³/mol. The number of halogens is 2. The number of aryl methyl sites for hydroxylation is 1. The molecule has 7 heteroatoms. The number of rotatable bonds is 8. The van der Waals surface area contributed by atoms with Crippen molar-refractivity contribution >= 4 is 58.6 Å². The average Bonchev–Trinajstić information content (AvgIpc) is 2.93. The number of allylic oxidation sites excluding steroid dienone is 1. The van der Waals surface area contributed by atoms with Crippen LogP contribution in [0.1, 0.15) is 37.4 Å². The first kappa shape index (κ1) is 27.6. The molecule has 0 atom stereocenters. The summed E-state index contributed by atoms with van der Waals surface area (Å²) >= 11 is 12.3. The van der Waals surface area contributed by atoms with Crippen molar-refractivity contribution in [3.05, 3.63) is 147 Å². The minimum absolute atomic E-state index is 0.0779. The average molecular weight is 555 g/mol. The summed E-state index contributed by atoms with van der Waals surface area (Å²) in [6.45, 7) is 1.95. The van der Waals surface area contributed by atoms with Gasteiger partial charge in [-0.2, -0.15) is 0 Å². The maximum absolute atomic E-state index is 13.2. The zero-order valence-corrected chi connectivity index (χ0v) is 22.5. The summed E-state index contributed by atoms with van der Waals surface area (Å²) in [6, 6.07) is 27.8. The highest BCUT2D eigenvalue weighted by atomic mass is 35.5. The molecule has 0 spiro atoms. The van der Waals surface area contributed by atoms with Gasteiger partial charge in [0.1, 0.15) is 5.70 Å². The van der Waals surface area contributed by atoms with Crippen LogP contribution in [0.15, 0.2) is 109 Å². The van der Waals surface area contributed by atoms with Crippen LogP contribution in [0.5, 0.6) is 0 Å². The lowest BCUT2D eigenvalue weighted by atomic mass is 10.1. The third-order valence-corrected chi connectivity index (χ3v) is 6.37. The Balaban J connectivity index is 1.50. The van der Waals surface area contributed by atoms with Crippen molar-refractivity contribution in [1.82, 2.24) is 5.32 Å². The van der Waals surface area contributed by atoms with Crippen LogP contribution in [-0.4, -0.2) is 17.6 Å². The topological polar surface area (TPSA) is 75.3 Å². The van der Waals surface area contributed by atoms with Crippen LogP contribution in [0, 0.1) is 6.92 Å². The van der Waals surface area contributed by atoms with Crippen LogP contribution in [0.25, 0.3) is 12.2 Å². The first-order valence-electron chi connectivity index (χ1n) is 12.0. The zero-order chi connectivity index (χ0) is 27.8. The molecule has 0 aromatic heterocycles. The van der Waals surface area contributed by atoms with Gasteiger partial charge in [0.25, 0.3) is 11.8 Å². The summed E-state index contributed by atoms with van der Waals surface area (Å²) in [5.74, 6) is -1.16. The molecule has 2 amide bonds. The Morgan fingerprint density at radius 1 is 0.744 bits per heavy atom. The van der Waals surface area contributed by atoms with Crippen molar-refractivity contribution < 1.29 is 14.4 Å². The third-order valence-electron chi connectivity index (χ3n) is 5.71. The van der Waals surface area contributed by atoms with Crippen molar-refractivity contribution in [2.75, 3.05) is 5.32 Å². The summed E-state index contributed by atoms with van der Waals surface area (Å²) < 4.78 is 0. The molecule has 4 aromatic rings. The molecular formula is C32H24Cl2N2O3. The Labute approximate surface area is 236 Å². The van der Waals surface area contributed by atoms with Gasteiger partial charge in [-0.05, 0) is 79.2 Å². The molecule has 0 bridgehead atoms. The number of hydrogen-bond donors (Lipinski definition) is 2. The quantitative estimate of drug-likeness (QED) is 0.174. The largest absolute Gasteiger partial charge is 0.321 e. The molecule has 0 saturated carbocycles. The highest BCUT2D eigenvalue weighted by Gasteiger charge is 2.15. The first-order valence-corrected chi connectivity index (χ1v) is 12.8. The van der Waals surface area contributed by atoms with E-state index in [1.165, 1.54) is 6.08 Å². The molecule has 0 radical (unpaired) electrons. The number of benzene rings is 4. The van der Waals surface area contributed by atoms with Crippen LogP contribution in [0.4, 0.5) is 5.69 Å². The number of amides is 2. The van der Waals surface area contributed by atoms with Crippen molar-refractivity contribution in [1.29, 1.82) is 0 Å². The predicted octanol–water partition coefficient (Wildman–Crippen LogP) is 7.61. The van der Waals surface area contributed by atoms with Gasteiger partial charge in [-0.1, -0.05) is 77.3 Å².